The monoisotopic (exact) mass is 474 g/mol. The van der Waals surface area contributed by atoms with Crippen LogP contribution in [0.4, 0.5) is 5.69 Å². The number of aromatic nitrogens is 1. The van der Waals surface area contributed by atoms with Crippen molar-refractivity contribution in [1.82, 2.24) is 15.6 Å². The van der Waals surface area contributed by atoms with E-state index < -0.39 is 0 Å². The first kappa shape index (κ1) is 23.8. The van der Waals surface area contributed by atoms with E-state index in [9.17, 15) is 9.59 Å². The summed E-state index contributed by atoms with van der Waals surface area (Å²) in [4.78, 5) is 32.2. The molecule has 1 aromatic heterocycles. The first-order valence-corrected chi connectivity index (χ1v) is 13.5. The topological polar surface area (TPSA) is 74.3 Å². The Morgan fingerprint density at radius 2 is 1.71 bits per heavy atom. The molecule has 2 amide bonds. The number of aryl methyl sites for hydroxylation is 1. The molecule has 1 aromatic carbocycles. The minimum Gasteiger partial charge on any atom is -0.371 e. The van der Waals surface area contributed by atoms with Gasteiger partial charge in [-0.25, -0.2) is 0 Å². The second-order valence-corrected chi connectivity index (χ2v) is 10.5. The van der Waals surface area contributed by atoms with Crippen LogP contribution in [0.3, 0.4) is 0 Å². The molecule has 3 aliphatic rings. The maximum atomic E-state index is 12.9. The molecule has 2 aromatic rings. The van der Waals surface area contributed by atoms with Crippen LogP contribution in [0.5, 0.6) is 0 Å². The molecule has 1 saturated carbocycles. The maximum Gasteiger partial charge on any atom is 0.251 e. The van der Waals surface area contributed by atoms with Gasteiger partial charge in [0.05, 0.1) is 6.04 Å². The quantitative estimate of drug-likeness (QED) is 0.604. The van der Waals surface area contributed by atoms with Gasteiger partial charge in [-0.05, 0) is 86.3 Å². The highest BCUT2D eigenvalue weighted by Crippen LogP contribution is 2.33. The smallest absolute Gasteiger partial charge is 0.251 e. The number of benzene rings is 1. The summed E-state index contributed by atoms with van der Waals surface area (Å²) in [6.07, 6.45) is 14.5. The summed E-state index contributed by atoms with van der Waals surface area (Å²) < 4.78 is 0. The van der Waals surface area contributed by atoms with Crippen molar-refractivity contribution in [2.45, 2.75) is 70.3 Å². The van der Waals surface area contributed by atoms with Crippen molar-refractivity contribution in [2.24, 2.45) is 11.8 Å². The van der Waals surface area contributed by atoms with Crippen LogP contribution in [0.1, 0.15) is 85.3 Å². The number of pyridine rings is 1. The third-order valence-corrected chi connectivity index (χ3v) is 8.26. The minimum atomic E-state index is -0.00808. The lowest BCUT2D eigenvalue weighted by atomic mass is 9.88. The van der Waals surface area contributed by atoms with Crippen LogP contribution in [0.2, 0.25) is 0 Å². The molecule has 0 bridgehead atoms. The SMILES string of the molecule is O=C(NCCC1CCN(c2ccncc2)CC1)c1ccc2c(c1)C(NC(=O)C1CCCCC1)CC2. The fourth-order valence-corrected chi connectivity index (χ4v) is 6.07. The molecule has 6 nitrogen and oxygen atoms in total. The van der Waals surface area contributed by atoms with Gasteiger partial charge in [-0.1, -0.05) is 25.3 Å². The number of nitrogens with zero attached hydrogens (tertiary/aromatic N) is 2. The van der Waals surface area contributed by atoms with Gasteiger partial charge in [-0.2, -0.15) is 0 Å². The Morgan fingerprint density at radius 1 is 0.943 bits per heavy atom. The van der Waals surface area contributed by atoms with Crippen molar-refractivity contribution in [3.63, 3.8) is 0 Å². The first-order valence-electron chi connectivity index (χ1n) is 13.5. The molecular weight excluding hydrogens is 436 g/mol. The number of amides is 2. The van der Waals surface area contributed by atoms with Crippen LogP contribution in [-0.4, -0.2) is 36.4 Å². The van der Waals surface area contributed by atoms with Crippen LogP contribution >= 0.6 is 0 Å². The summed E-state index contributed by atoms with van der Waals surface area (Å²) in [5.41, 5.74) is 4.34. The number of hydrogen-bond acceptors (Lipinski definition) is 4. The standard InChI is InChI=1S/C29H38N4O2/c34-28(31-17-10-21-13-18-33(19-14-21)25-11-15-30-16-12-25)24-7-6-22-8-9-27(26(22)20-24)32-29(35)23-4-2-1-3-5-23/h6-7,11-12,15-16,20-21,23,27H,1-5,8-10,13-14,17-19H2,(H,31,34)(H,32,35). The molecule has 6 heteroatoms. The summed E-state index contributed by atoms with van der Waals surface area (Å²) >= 11 is 0. The van der Waals surface area contributed by atoms with Gasteiger partial charge < -0.3 is 15.5 Å². The Bertz CT molecular complexity index is 1010. The van der Waals surface area contributed by atoms with Crippen molar-refractivity contribution in [3.05, 3.63) is 59.4 Å². The molecule has 35 heavy (non-hydrogen) atoms. The van der Waals surface area contributed by atoms with Crippen molar-refractivity contribution in [1.29, 1.82) is 0 Å². The van der Waals surface area contributed by atoms with E-state index in [1.807, 2.05) is 24.5 Å². The predicted octanol–water partition coefficient (Wildman–Crippen LogP) is 4.80. The van der Waals surface area contributed by atoms with Crippen molar-refractivity contribution in [3.8, 4) is 0 Å². The highest BCUT2D eigenvalue weighted by atomic mass is 16.2. The minimum absolute atomic E-state index is 0.00808. The summed E-state index contributed by atoms with van der Waals surface area (Å²) in [6.45, 7) is 2.82. The molecule has 0 spiro atoms. The summed E-state index contributed by atoms with van der Waals surface area (Å²) in [5.74, 6) is 1.00. The molecule has 1 saturated heterocycles. The Balaban J connectivity index is 1.09. The van der Waals surface area contributed by atoms with E-state index in [0.29, 0.717) is 18.0 Å². The Labute approximate surface area is 208 Å². The summed E-state index contributed by atoms with van der Waals surface area (Å²) in [6, 6.07) is 10.2. The normalized spacial score (nSPS) is 20.9. The van der Waals surface area contributed by atoms with E-state index in [1.165, 1.54) is 17.7 Å². The zero-order valence-electron chi connectivity index (χ0n) is 20.7. The first-order chi connectivity index (χ1) is 17.2. The van der Waals surface area contributed by atoms with Crippen LogP contribution in [0.15, 0.2) is 42.7 Å². The molecule has 0 radical (unpaired) electrons. The number of carbonyl (C=O) groups excluding carboxylic acids is 2. The highest BCUT2D eigenvalue weighted by Gasteiger charge is 2.28. The lowest BCUT2D eigenvalue weighted by Crippen LogP contribution is -2.35. The fraction of sp³-hybridized carbons (Fsp3) is 0.552. The van der Waals surface area contributed by atoms with E-state index in [4.69, 9.17) is 0 Å². The number of anilines is 1. The number of rotatable bonds is 7. The number of piperidine rings is 1. The van der Waals surface area contributed by atoms with E-state index in [-0.39, 0.29) is 23.8 Å². The van der Waals surface area contributed by atoms with E-state index in [0.717, 1.165) is 76.4 Å². The van der Waals surface area contributed by atoms with E-state index in [2.05, 4.69) is 38.7 Å². The number of nitrogens with one attached hydrogen (secondary N) is 2. The molecule has 1 unspecified atom stereocenters. The fourth-order valence-electron chi connectivity index (χ4n) is 6.07. The maximum absolute atomic E-state index is 12.9. The van der Waals surface area contributed by atoms with Gasteiger partial charge >= 0.3 is 0 Å². The molecule has 2 aliphatic carbocycles. The van der Waals surface area contributed by atoms with Crippen molar-refractivity contribution >= 4 is 17.5 Å². The van der Waals surface area contributed by atoms with Gasteiger partial charge in [0.1, 0.15) is 0 Å². The van der Waals surface area contributed by atoms with Crippen LogP contribution in [0, 0.1) is 11.8 Å². The van der Waals surface area contributed by atoms with Crippen molar-refractivity contribution < 1.29 is 9.59 Å². The number of fused-ring (bicyclic) bond motifs is 1. The number of hydrogen-bond donors (Lipinski definition) is 2. The van der Waals surface area contributed by atoms with Gasteiger partial charge in [-0.15, -0.1) is 0 Å². The molecule has 5 rings (SSSR count). The van der Waals surface area contributed by atoms with Gasteiger partial charge in [0.2, 0.25) is 5.91 Å². The Kier molecular flexibility index (Phi) is 7.65. The highest BCUT2D eigenvalue weighted by molar-refractivity contribution is 5.94. The van der Waals surface area contributed by atoms with Crippen molar-refractivity contribution in [2.75, 3.05) is 24.5 Å². The van der Waals surface area contributed by atoms with Gasteiger partial charge in [0.15, 0.2) is 0 Å². The molecule has 1 aliphatic heterocycles. The molecule has 2 fully saturated rings. The second kappa shape index (κ2) is 11.2. The summed E-state index contributed by atoms with van der Waals surface area (Å²) in [7, 11) is 0. The predicted molar refractivity (Wildman–Crippen MR) is 138 cm³/mol. The van der Waals surface area contributed by atoms with Crippen LogP contribution in [-0.2, 0) is 11.2 Å². The van der Waals surface area contributed by atoms with Crippen LogP contribution < -0.4 is 15.5 Å². The molecule has 1 atom stereocenters. The average molecular weight is 475 g/mol. The van der Waals surface area contributed by atoms with Gasteiger partial charge in [-0.3, -0.25) is 14.6 Å². The van der Waals surface area contributed by atoms with Gasteiger partial charge in [0.25, 0.3) is 5.91 Å². The van der Waals surface area contributed by atoms with Crippen LogP contribution in [0.25, 0.3) is 0 Å². The molecule has 2 heterocycles. The van der Waals surface area contributed by atoms with E-state index in [1.54, 1.807) is 0 Å². The lowest BCUT2D eigenvalue weighted by Gasteiger charge is -2.33. The summed E-state index contributed by atoms with van der Waals surface area (Å²) in [5, 5.41) is 6.43. The Hall–Kier alpha value is -2.89. The zero-order chi connectivity index (χ0) is 24.0. The lowest BCUT2D eigenvalue weighted by molar-refractivity contribution is -0.126. The average Bonchev–Trinajstić information content (AvgIpc) is 3.32. The molecule has 186 valence electrons. The Morgan fingerprint density at radius 3 is 2.49 bits per heavy atom. The third kappa shape index (κ3) is 5.85. The molecular formula is C29H38N4O2. The third-order valence-electron chi connectivity index (χ3n) is 8.26. The number of carbonyl (C=O) groups is 2. The molecule has 2 N–H and O–H groups in total. The zero-order valence-corrected chi connectivity index (χ0v) is 20.7. The largest absolute Gasteiger partial charge is 0.371 e. The van der Waals surface area contributed by atoms with E-state index >= 15 is 0 Å². The van der Waals surface area contributed by atoms with Gasteiger partial charge in [0, 0.05) is 49.2 Å². The second-order valence-electron chi connectivity index (χ2n) is 10.5.